The second-order valence-electron chi connectivity index (χ2n) is 2.19. The van der Waals surface area contributed by atoms with E-state index in [1.807, 2.05) is 37.3 Å². The quantitative estimate of drug-likeness (QED) is 0.624. The number of methoxy groups -OCH3 is 1. The van der Waals surface area contributed by atoms with E-state index >= 15 is 0 Å². The Hall–Kier alpha value is -1.24. The maximum absolute atomic E-state index is 5.01. The third kappa shape index (κ3) is 2.11. The minimum atomic E-state index is 0.778. The summed E-state index contributed by atoms with van der Waals surface area (Å²) >= 11 is 0. The lowest BCUT2D eigenvalue weighted by atomic mass is 10.2. The Balaban J connectivity index is 2.91. The summed E-state index contributed by atoms with van der Waals surface area (Å²) in [6.45, 7) is 1.99. The number of hydrogen-bond acceptors (Lipinski definition) is 1. The van der Waals surface area contributed by atoms with Crippen LogP contribution in [0.5, 0.6) is 5.75 Å². The fraction of sp³-hybridized carbons (Fsp3) is 0.200. The van der Waals surface area contributed by atoms with Crippen molar-refractivity contribution >= 4 is 6.08 Å². The second-order valence-corrected chi connectivity index (χ2v) is 2.19. The lowest BCUT2D eigenvalue weighted by molar-refractivity contribution is 0.414. The highest BCUT2D eigenvalue weighted by Crippen LogP contribution is 2.12. The molecule has 1 heteroatoms. The summed E-state index contributed by atoms with van der Waals surface area (Å²) in [6.07, 6.45) is 4.02. The number of benzene rings is 1. The van der Waals surface area contributed by atoms with Crippen LogP contribution >= 0.6 is 0 Å². The molecule has 0 bridgehead atoms. The molecule has 0 aromatic heterocycles. The molecule has 1 rings (SSSR count). The van der Waals surface area contributed by atoms with Gasteiger partial charge >= 0.3 is 0 Å². The van der Waals surface area contributed by atoms with Crippen LogP contribution in [0.4, 0.5) is 0 Å². The number of hydrogen-bond donors (Lipinski definition) is 0. The van der Waals surface area contributed by atoms with E-state index in [9.17, 15) is 0 Å². The van der Waals surface area contributed by atoms with Gasteiger partial charge in [0.25, 0.3) is 0 Å². The first-order chi connectivity index (χ1) is 5.36. The third-order valence-corrected chi connectivity index (χ3v) is 1.38. The van der Waals surface area contributed by atoms with E-state index in [2.05, 4.69) is 6.07 Å². The standard InChI is InChI=1S/C10H11O/c1-3-5-9-6-4-7-10(8-9)11-2/h3-6,8H,1-2H3/b5-3-. The van der Waals surface area contributed by atoms with Gasteiger partial charge in [-0.2, -0.15) is 0 Å². The summed E-state index contributed by atoms with van der Waals surface area (Å²) in [5, 5.41) is 0. The van der Waals surface area contributed by atoms with E-state index in [1.54, 1.807) is 7.11 Å². The summed E-state index contributed by atoms with van der Waals surface area (Å²) in [7, 11) is 1.64. The van der Waals surface area contributed by atoms with Crippen molar-refractivity contribution in [3.63, 3.8) is 0 Å². The molecule has 0 saturated carbocycles. The Morgan fingerprint density at radius 2 is 2.36 bits per heavy atom. The zero-order valence-corrected chi connectivity index (χ0v) is 6.79. The molecule has 0 amide bonds. The van der Waals surface area contributed by atoms with Crippen LogP contribution in [0.1, 0.15) is 12.5 Å². The van der Waals surface area contributed by atoms with Crippen molar-refractivity contribution in [2.45, 2.75) is 6.92 Å². The molecule has 1 radical (unpaired) electrons. The molecule has 0 aliphatic heterocycles. The van der Waals surface area contributed by atoms with Gasteiger partial charge < -0.3 is 4.74 Å². The molecule has 1 aromatic carbocycles. The summed E-state index contributed by atoms with van der Waals surface area (Å²) in [4.78, 5) is 0. The van der Waals surface area contributed by atoms with Crippen molar-refractivity contribution in [1.82, 2.24) is 0 Å². The van der Waals surface area contributed by atoms with Crippen molar-refractivity contribution < 1.29 is 4.74 Å². The van der Waals surface area contributed by atoms with Gasteiger partial charge in [-0.3, -0.25) is 0 Å². The van der Waals surface area contributed by atoms with E-state index in [1.165, 1.54) is 0 Å². The number of ether oxygens (including phenoxy) is 1. The highest BCUT2D eigenvalue weighted by Gasteiger charge is 1.90. The maximum atomic E-state index is 5.01. The average molecular weight is 147 g/mol. The van der Waals surface area contributed by atoms with Crippen LogP contribution < -0.4 is 4.74 Å². The monoisotopic (exact) mass is 147 g/mol. The van der Waals surface area contributed by atoms with Gasteiger partial charge in [-0.25, -0.2) is 0 Å². The molecule has 1 aromatic rings. The largest absolute Gasteiger partial charge is 0.496 e. The second kappa shape index (κ2) is 3.81. The zero-order valence-electron chi connectivity index (χ0n) is 6.79. The van der Waals surface area contributed by atoms with Gasteiger partial charge in [0.15, 0.2) is 0 Å². The van der Waals surface area contributed by atoms with Crippen molar-refractivity contribution in [1.29, 1.82) is 0 Å². The molecule has 0 fully saturated rings. The molecule has 0 unspecified atom stereocenters. The van der Waals surface area contributed by atoms with Crippen LogP contribution in [0.2, 0.25) is 0 Å². The molecular formula is C10H11O. The fourth-order valence-electron chi connectivity index (χ4n) is 0.875. The van der Waals surface area contributed by atoms with Crippen LogP contribution in [0.3, 0.4) is 0 Å². The molecule has 0 saturated heterocycles. The van der Waals surface area contributed by atoms with Crippen LogP contribution in [-0.2, 0) is 0 Å². The molecular weight excluding hydrogens is 136 g/mol. The number of allylic oxidation sites excluding steroid dienone is 1. The third-order valence-electron chi connectivity index (χ3n) is 1.38. The van der Waals surface area contributed by atoms with Gasteiger partial charge in [-0.05, 0) is 24.6 Å². The van der Waals surface area contributed by atoms with Crippen LogP contribution in [0.15, 0.2) is 24.3 Å². The molecule has 0 spiro atoms. The summed E-state index contributed by atoms with van der Waals surface area (Å²) in [5.41, 5.74) is 1.14. The van der Waals surface area contributed by atoms with Crippen molar-refractivity contribution in [2.24, 2.45) is 0 Å². The van der Waals surface area contributed by atoms with Crippen LogP contribution in [-0.4, -0.2) is 7.11 Å². The van der Waals surface area contributed by atoms with E-state index < -0.39 is 0 Å². The highest BCUT2D eigenvalue weighted by molar-refractivity contribution is 5.50. The molecule has 1 nitrogen and oxygen atoms in total. The Kier molecular flexibility index (Phi) is 2.73. The van der Waals surface area contributed by atoms with Gasteiger partial charge in [-0.15, -0.1) is 0 Å². The molecule has 11 heavy (non-hydrogen) atoms. The summed E-state index contributed by atoms with van der Waals surface area (Å²) in [5.74, 6) is 0.778. The normalized spacial score (nSPS) is 10.4. The van der Waals surface area contributed by atoms with E-state index in [-0.39, 0.29) is 0 Å². The topological polar surface area (TPSA) is 9.23 Å². The number of rotatable bonds is 2. The van der Waals surface area contributed by atoms with Gasteiger partial charge in [-0.1, -0.05) is 18.2 Å². The lowest BCUT2D eigenvalue weighted by Crippen LogP contribution is -1.82. The first-order valence-corrected chi connectivity index (χ1v) is 3.55. The summed E-state index contributed by atoms with van der Waals surface area (Å²) in [6, 6.07) is 8.75. The van der Waals surface area contributed by atoms with E-state index in [4.69, 9.17) is 4.74 Å². The lowest BCUT2D eigenvalue weighted by Gasteiger charge is -1.98. The minimum Gasteiger partial charge on any atom is -0.496 e. The molecule has 0 aliphatic rings. The SMILES string of the molecule is C/C=C\c1cc[c]c(OC)c1. The molecule has 57 valence electrons. The van der Waals surface area contributed by atoms with Crippen molar-refractivity contribution in [3.8, 4) is 5.75 Å². The predicted molar refractivity (Wildman–Crippen MR) is 46.5 cm³/mol. The van der Waals surface area contributed by atoms with E-state index in [0.717, 1.165) is 11.3 Å². The molecule has 0 N–H and O–H groups in total. The smallest absolute Gasteiger partial charge is 0.127 e. The minimum absolute atomic E-state index is 0.778. The Labute approximate surface area is 67.3 Å². The average Bonchev–Trinajstić information content (AvgIpc) is 2.06. The maximum Gasteiger partial charge on any atom is 0.127 e. The highest BCUT2D eigenvalue weighted by atomic mass is 16.5. The predicted octanol–water partition coefficient (Wildman–Crippen LogP) is 2.53. The van der Waals surface area contributed by atoms with E-state index in [0.29, 0.717) is 0 Å². The summed E-state index contributed by atoms with van der Waals surface area (Å²) < 4.78 is 5.01. The Morgan fingerprint density at radius 3 is 3.00 bits per heavy atom. The van der Waals surface area contributed by atoms with Crippen LogP contribution in [0, 0.1) is 6.07 Å². The van der Waals surface area contributed by atoms with Gasteiger partial charge in [0.2, 0.25) is 0 Å². The fourth-order valence-corrected chi connectivity index (χ4v) is 0.875. The van der Waals surface area contributed by atoms with Crippen LogP contribution in [0.25, 0.3) is 6.08 Å². The first kappa shape index (κ1) is 7.86. The molecule has 0 atom stereocenters. The van der Waals surface area contributed by atoms with Crippen molar-refractivity contribution in [2.75, 3.05) is 7.11 Å². The molecule has 0 heterocycles. The Bertz CT molecular complexity index is 251. The van der Waals surface area contributed by atoms with Gasteiger partial charge in [0, 0.05) is 6.07 Å². The first-order valence-electron chi connectivity index (χ1n) is 3.55. The molecule has 0 aliphatic carbocycles. The van der Waals surface area contributed by atoms with Gasteiger partial charge in [0.05, 0.1) is 7.11 Å². The van der Waals surface area contributed by atoms with Crippen molar-refractivity contribution in [3.05, 3.63) is 35.9 Å². The zero-order chi connectivity index (χ0) is 8.10. The Morgan fingerprint density at radius 1 is 1.55 bits per heavy atom. The van der Waals surface area contributed by atoms with Gasteiger partial charge in [0.1, 0.15) is 5.75 Å².